The fraction of sp³-hybridized carbons (Fsp3) is 0.478. The lowest BCUT2D eigenvalue weighted by atomic mass is 9.89. The average molecular weight is 366 g/mol. The highest BCUT2D eigenvalue weighted by molar-refractivity contribution is 5.75. The molecule has 0 bridgehead atoms. The van der Waals surface area contributed by atoms with E-state index < -0.39 is 0 Å². The monoisotopic (exact) mass is 365 g/mol. The van der Waals surface area contributed by atoms with Crippen LogP contribution in [0.3, 0.4) is 0 Å². The fourth-order valence-electron chi connectivity index (χ4n) is 3.75. The number of likely N-dealkylation sites (tertiary alicyclic amines) is 1. The lowest BCUT2D eigenvalue weighted by Gasteiger charge is -2.32. The summed E-state index contributed by atoms with van der Waals surface area (Å²) in [5, 5.41) is 0. The van der Waals surface area contributed by atoms with Gasteiger partial charge in [0, 0.05) is 39.5 Å². The molecule has 144 valence electrons. The highest BCUT2D eigenvalue weighted by Gasteiger charge is 2.19. The van der Waals surface area contributed by atoms with E-state index in [9.17, 15) is 4.79 Å². The summed E-state index contributed by atoms with van der Waals surface area (Å²) in [6.07, 6.45) is 8.91. The third kappa shape index (κ3) is 6.17. The van der Waals surface area contributed by atoms with E-state index in [2.05, 4.69) is 40.2 Å². The largest absolute Gasteiger partial charge is 0.349 e. The Kier molecular flexibility index (Phi) is 6.99. The van der Waals surface area contributed by atoms with Crippen LogP contribution in [0.5, 0.6) is 0 Å². The molecule has 3 rings (SSSR count). The van der Waals surface area contributed by atoms with E-state index in [0.29, 0.717) is 6.42 Å². The number of amides is 1. The Bertz CT molecular complexity index is 704. The Hall–Kier alpha value is -2.20. The molecule has 4 nitrogen and oxygen atoms in total. The molecule has 0 aliphatic carbocycles. The van der Waals surface area contributed by atoms with E-state index in [1.807, 2.05) is 32.6 Å². The third-order valence-electron chi connectivity index (χ3n) is 5.51. The molecule has 1 aliphatic heterocycles. The van der Waals surface area contributed by atoms with E-state index >= 15 is 0 Å². The van der Waals surface area contributed by atoms with Gasteiger partial charge in [-0.3, -0.25) is 14.7 Å². The van der Waals surface area contributed by atoms with Gasteiger partial charge in [-0.2, -0.15) is 0 Å². The molecule has 0 N–H and O–H groups in total. The van der Waals surface area contributed by atoms with Gasteiger partial charge < -0.3 is 4.90 Å². The number of benzene rings is 1. The number of hydrogen-bond donors (Lipinski definition) is 0. The Balaban J connectivity index is 1.41. The first-order valence-corrected chi connectivity index (χ1v) is 9.99. The number of aromatic nitrogens is 1. The highest BCUT2D eigenvalue weighted by atomic mass is 16.2. The number of carbonyl (C=O) groups is 1. The van der Waals surface area contributed by atoms with Crippen molar-refractivity contribution in [2.45, 2.75) is 38.6 Å². The molecular formula is C23H31N3O. The first kappa shape index (κ1) is 19.6. The van der Waals surface area contributed by atoms with Crippen molar-refractivity contribution in [1.82, 2.24) is 14.8 Å². The van der Waals surface area contributed by atoms with E-state index in [-0.39, 0.29) is 5.91 Å². The molecule has 27 heavy (non-hydrogen) atoms. The minimum Gasteiger partial charge on any atom is -0.349 e. The van der Waals surface area contributed by atoms with Crippen molar-refractivity contribution in [3.05, 3.63) is 65.5 Å². The van der Waals surface area contributed by atoms with Crippen molar-refractivity contribution in [2.75, 3.05) is 27.2 Å². The maximum Gasteiger partial charge on any atom is 0.222 e. The Morgan fingerprint density at radius 3 is 2.41 bits per heavy atom. The molecule has 0 unspecified atom stereocenters. The number of hydrogen-bond acceptors (Lipinski definition) is 3. The summed E-state index contributed by atoms with van der Waals surface area (Å²) in [6.45, 7) is 3.36. The van der Waals surface area contributed by atoms with Crippen LogP contribution >= 0.6 is 0 Å². The predicted molar refractivity (Wildman–Crippen MR) is 109 cm³/mol. The first-order chi connectivity index (χ1) is 13.1. The van der Waals surface area contributed by atoms with Crippen molar-refractivity contribution in [1.29, 1.82) is 0 Å². The molecule has 1 saturated heterocycles. The zero-order chi connectivity index (χ0) is 19.1. The van der Waals surface area contributed by atoms with Crippen LogP contribution in [0.2, 0.25) is 0 Å². The van der Waals surface area contributed by atoms with Gasteiger partial charge in [-0.25, -0.2) is 0 Å². The third-order valence-corrected chi connectivity index (χ3v) is 5.51. The smallest absolute Gasteiger partial charge is 0.222 e. The number of piperidine rings is 1. The molecule has 1 amide bonds. The second-order valence-electron chi connectivity index (χ2n) is 7.89. The molecular weight excluding hydrogens is 334 g/mol. The SMILES string of the molecule is CN(C)C(=O)CCc1ccc(CC2CCN(Cc3cccnc3)CC2)cc1. The Morgan fingerprint density at radius 2 is 1.78 bits per heavy atom. The molecule has 0 saturated carbocycles. The predicted octanol–water partition coefficient (Wildman–Crippen LogP) is 3.56. The van der Waals surface area contributed by atoms with Crippen LogP contribution in [0.4, 0.5) is 0 Å². The molecule has 2 aromatic rings. The van der Waals surface area contributed by atoms with Gasteiger partial charge in [0.1, 0.15) is 0 Å². The van der Waals surface area contributed by atoms with Gasteiger partial charge in [-0.1, -0.05) is 30.3 Å². The zero-order valence-corrected chi connectivity index (χ0v) is 16.6. The minimum absolute atomic E-state index is 0.192. The standard InChI is InChI=1S/C23H31N3O/c1-25(2)23(27)10-9-19-5-7-20(8-6-19)16-21-11-14-26(15-12-21)18-22-4-3-13-24-17-22/h3-8,13,17,21H,9-12,14-16,18H2,1-2H3. The number of aryl methyl sites for hydroxylation is 1. The summed E-state index contributed by atoms with van der Waals surface area (Å²) < 4.78 is 0. The summed E-state index contributed by atoms with van der Waals surface area (Å²) in [4.78, 5) is 20.1. The summed E-state index contributed by atoms with van der Waals surface area (Å²) in [6, 6.07) is 13.1. The second-order valence-corrected chi connectivity index (χ2v) is 7.89. The topological polar surface area (TPSA) is 36.4 Å². The number of rotatable bonds is 7. The van der Waals surface area contributed by atoms with Crippen molar-refractivity contribution in [2.24, 2.45) is 5.92 Å². The normalized spacial score (nSPS) is 15.6. The Morgan fingerprint density at radius 1 is 1.07 bits per heavy atom. The maximum absolute atomic E-state index is 11.7. The molecule has 1 aliphatic rings. The molecule has 4 heteroatoms. The first-order valence-electron chi connectivity index (χ1n) is 9.99. The molecule has 0 atom stereocenters. The van der Waals surface area contributed by atoms with Crippen LogP contribution in [0.25, 0.3) is 0 Å². The summed E-state index contributed by atoms with van der Waals surface area (Å²) in [7, 11) is 3.63. The second kappa shape index (κ2) is 9.65. The van der Waals surface area contributed by atoms with Crippen LogP contribution < -0.4 is 0 Å². The maximum atomic E-state index is 11.7. The van der Waals surface area contributed by atoms with Crippen LogP contribution in [-0.2, 0) is 24.2 Å². The Labute approximate surface area is 163 Å². The number of nitrogens with zero attached hydrogens (tertiary/aromatic N) is 3. The quantitative estimate of drug-likeness (QED) is 0.753. The molecule has 1 aromatic heterocycles. The van der Waals surface area contributed by atoms with E-state index in [4.69, 9.17) is 0 Å². The molecule has 1 aromatic carbocycles. The lowest BCUT2D eigenvalue weighted by Crippen LogP contribution is -2.33. The van der Waals surface area contributed by atoms with Gasteiger partial charge in [0.2, 0.25) is 5.91 Å². The van der Waals surface area contributed by atoms with Gasteiger partial charge in [0.25, 0.3) is 0 Å². The van der Waals surface area contributed by atoms with Crippen LogP contribution in [-0.4, -0.2) is 47.9 Å². The van der Waals surface area contributed by atoms with Gasteiger partial charge in [0.15, 0.2) is 0 Å². The minimum atomic E-state index is 0.192. The van der Waals surface area contributed by atoms with Crippen molar-refractivity contribution in [3.63, 3.8) is 0 Å². The van der Waals surface area contributed by atoms with Gasteiger partial charge in [-0.15, -0.1) is 0 Å². The van der Waals surface area contributed by atoms with Crippen LogP contribution in [0.15, 0.2) is 48.8 Å². The van der Waals surface area contributed by atoms with Gasteiger partial charge in [-0.05, 0) is 67.4 Å². The zero-order valence-electron chi connectivity index (χ0n) is 16.6. The highest BCUT2D eigenvalue weighted by Crippen LogP contribution is 2.23. The average Bonchev–Trinajstić information content (AvgIpc) is 2.69. The molecule has 1 fully saturated rings. The van der Waals surface area contributed by atoms with Gasteiger partial charge >= 0.3 is 0 Å². The van der Waals surface area contributed by atoms with Crippen LogP contribution in [0, 0.1) is 5.92 Å². The lowest BCUT2D eigenvalue weighted by molar-refractivity contribution is -0.128. The molecule has 0 radical (unpaired) electrons. The van der Waals surface area contributed by atoms with Crippen molar-refractivity contribution < 1.29 is 4.79 Å². The summed E-state index contributed by atoms with van der Waals surface area (Å²) in [5.41, 5.74) is 3.97. The van der Waals surface area contributed by atoms with E-state index in [0.717, 1.165) is 25.3 Å². The van der Waals surface area contributed by atoms with Gasteiger partial charge in [0.05, 0.1) is 0 Å². The van der Waals surface area contributed by atoms with E-state index in [1.165, 1.54) is 42.6 Å². The van der Waals surface area contributed by atoms with Crippen molar-refractivity contribution >= 4 is 5.91 Å². The fourth-order valence-corrected chi connectivity index (χ4v) is 3.75. The van der Waals surface area contributed by atoms with Crippen LogP contribution in [0.1, 0.15) is 36.0 Å². The van der Waals surface area contributed by atoms with Crippen molar-refractivity contribution in [3.8, 4) is 0 Å². The summed E-state index contributed by atoms with van der Waals surface area (Å²) in [5.74, 6) is 0.966. The van der Waals surface area contributed by atoms with E-state index in [1.54, 1.807) is 4.90 Å². The molecule has 2 heterocycles. The number of carbonyl (C=O) groups excluding carboxylic acids is 1. The summed E-state index contributed by atoms with van der Waals surface area (Å²) >= 11 is 0. The molecule has 0 spiro atoms. The number of pyridine rings is 1.